The van der Waals surface area contributed by atoms with Gasteiger partial charge in [-0.15, -0.1) is 0 Å². The van der Waals surface area contributed by atoms with Crippen molar-refractivity contribution in [1.29, 1.82) is 0 Å². The molecule has 0 aliphatic rings. The van der Waals surface area contributed by atoms with Crippen LogP contribution in [-0.4, -0.2) is 21.7 Å². The molecule has 2 aromatic rings. The fraction of sp³-hybridized carbons (Fsp3) is 0.429. The standard InChI is InChI=1S/C14H19N3OS/c1-10-3-4-13-16-12(5-14(18)17(13)7-10)9-19-8-11(2)6-15/h3-5,7,11H,6,8-9,15H2,1-2H3. The topological polar surface area (TPSA) is 60.4 Å². The SMILES string of the molecule is Cc1ccc2nc(CSCC(C)CN)cc(=O)n2c1. The van der Waals surface area contributed by atoms with E-state index >= 15 is 0 Å². The molecule has 0 bridgehead atoms. The second kappa shape index (κ2) is 6.21. The lowest BCUT2D eigenvalue weighted by molar-refractivity contribution is 0.675. The van der Waals surface area contributed by atoms with Crippen molar-refractivity contribution in [1.82, 2.24) is 9.38 Å². The average Bonchev–Trinajstić information content (AvgIpc) is 2.39. The van der Waals surface area contributed by atoms with Crippen molar-refractivity contribution in [2.45, 2.75) is 19.6 Å². The van der Waals surface area contributed by atoms with E-state index in [1.165, 1.54) is 0 Å². The Kier molecular flexibility index (Phi) is 4.61. The molecule has 0 saturated carbocycles. The first-order chi connectivity index (χ1) is 9.10. The van der Waals surface area contributed by atoms with Gasteiger partial charge >= 0.3 is 0 Å². The van der Waals surface area contributed by atoms with E-state index in [0.717, 1.165) is 22.8 Å². The molecule has 0 aromatic carbocycles. The van der Waals surface area contributed by atoms with Crippen molar-refractivity contribution in [2.75, 3.05) is 12.3 Å². The third-order valence-electron chi connectivity index (χ3n) is 2.92. The number of thioether (sulfide) groups is 1. The Hall–Kier alpha value is -1.33. The molecule has 2 rings (SSSR count). The molecule has 1 atom stereocenters. The lowest BCUT2D eigenvalue weighted by Gasteiger charge is -2.08. The molecule has 0 aliphatic heterocycles. The summed E-state index contributed by atoms with van der Waals surface area (Å²) in [5.74, 6) is 2.24. The molecular formula is C14H19N3OS. The summed E-state index contributed by atoms with van der Waals surface area (Å²) in [5, 5.41) is 0. The van der Waals surface area contributed by atoms with Crippen LogP contribution in [0.5, 0.6) is 0 Å². The molecular weight excluding hydrogens is 258 g/mol. The minimum Gasteiger partial charge on any atom is -0.330 e. The highest BCUT2D eigenvalue weighted by atomic mass is 32.2. The molecule has 0 radical (unpaired) electrons. The number of nitrogens with two attached hydrogens (primary N) is 1. The molecule has 4 nitrogen and oxygen atoms in total. The Labute approximate surface area is 117 Å². The molecule has 19 heavy (non-hydrogen) atoms. The monoisotopic (exact) mass is 277 g/mol. The highest BCUT2D eigenvalue weighted by molar-refractivity contribution is 7.98. The van der Waals surface area contributed by atoms with Gasteiger partial charge in [0, 0.05) is 18.0 Å². The molecule has 1 unspecified atom stereocenters. The summed E-state index contributed by atoms with van der Waals surface area (Å²) in [6, 6.07) is 5.47. The molecule has 102 valence electrons. The number of nitrogens with zero attached hydrogens (tertiary/aromatic N) is 2. The number of aryl methyl sites for hydroxylation is 1. The van der Waals surface area contributed by atoms with Gasteiger partial charge in [0.15, 0.2) is 0 Å². The van der Waals surface area contributed by atoms with E-state index < -0.39 is 0 Å². The largest absolute Gasteiger partial charge is 0.330 e. The number of aromatic nitrogens is 2. The highest BCUT2D eigenvalue weighted by Crippen LogP contribution is 2.13. The van der Waals surface area contributed by atoms with Crippen molar-refractivity contribution in [3.05, 3.63) is 46.0 Å². The van der Waals surface area contributed by atoms with Crippen molar-refractivity contribution in [3.63, 3.8) is 0 Å². The molecule has 0 aliphatic carbocycles. The molecule has 0 fully saturated rings. The maximum absolute atomic E-state index is 12.0. The predicted octanol–water partition coefficient (Wildman–Crippen LogP) is 1.83. The second-order valence-electron chi connectivity index (χ2n) is 4.88. The van der Waals surface area contributed by atoms with Gasteiger partial charge in [-0.05, 0) is 36.8 Å². The first kappa shape index (κ1) is 14.1. The third-order valence-corrected chi connectivity index (χ3v) is 4.22. The van der Waals surface area contributed by atoms with E-state index in [1.807, 2.05) is 25.3 Å². The fourth-order valence-corrected chi connectivity index (χ4v) is 2.78. The van der Waals surface area contributed by atoms with Gasteiger partial charge < -0.3 is 5.73 Å². The summed E-state index contributed by atoms with van der Waals surface area (Å²) in [6.45, 7) is 4.78. The Balaban J connectivity index is 2.17. The van der Waals surface area contributed by atoms with E-state index in [1.54, 1.807) is 22.2 Å². The van der Waals surface area contributed by atoms with Gasteiger partial charge in [0.1, 0.15) is 5.65 Å². The smallest absolute Gasteiger partial charge is 0.258 e. The van der Waals surface area contributed by atoms with Crippen molar-refractivity contribution >= 4 is 17.4 Å². The van der Waals surface area contributed by atoms with Crippen LogP contribution in [0.15, 0.2) is 29.2 Å². The van der Waals surface area contributed by atoms with Crippen LogP contribution < -0.4 is 11.3 Å². The number of hydrogen-bond donors (Lipinski definition) is 1. The molecule has 2 heterocycles. The summed E-state index contributed by atoms with van der Waals surface area (Å²) in [5.41, 5.74) is 8.16. The van der Waals surface area contributed by atoms with Gasteiger partial charge in [0.2, 0.25) is 0 Å². The van der Waals surface area contributed by atoms with Gasteiger partial charge in [-0.25, -0.2) is 4.98 Å². The molecule has 0 saturated heterocycles. The number of hydrogen-bond acceptors (Lipinski definition) is 4. The Morgan fingerprint density at radius 2 is 2.26 bits per heavy atom. The molecule has 2 N–H and O–H groups in total. The molecule has 5 heteroatoms. The van der Waals surface area contributed by atoms with Crippen LogP contribution in [0.25, 0.3) is 5.65 Å². The summed E-state index contributed by atoms with van der Waals surface area (Å²) < 4.78 is 1.59. The van der Waals surface area contributed by atoms with Crippen molar-refractivity contribution < 1.29 is 0 Å². The normalized spacial score (nSPS) is 12.8. The van der Waals surface area contributed by atoms with E-state index in [-0.39, 0.29) is 5.56 Å². The second-order valence-corrected chi connectivity index (χ2v) is 5.91. The van der Waals surface area contributed by atoms with Crippen molar-refractivity contribution in [2.24, 2.45) is 11.7 Å². The zero-order valence-corrected chi connectivity index (χ0v) is 12.1. The summed E-state index contributed by atoms with van der Waals surface area (Å²) in [4.78, 5) is 16.5. The average molecular weight is 277 g/mol. The van der Waals surface area contributed by atoms with Crippen molar-refractivity contribution in [3.8, 4) is 0 Å². The lowest BCUT2D eigenvalue weighted by atomic mass is 10.2. The van der Waals surface area contributed by atoms with Crippen LogP contribution in [0.2, 0.25) is 0 Å². The van der Waals surface area contributed by atoms with Crippen LogP contribution in [-0.2, 0) is 5.75 Å². The first-order valence-corrected chi connectivity index (χ1v) is 7.52. The quantitative estimate of drug-likeness (QED) is 0.906. The van der Waals surface area contributed by atoms with Crippen LogP contribution >= 0.6 is 11.8 Å². The first-order valence-electron chi connectivity index (χ1n) is 6.37. The summed E-state index contributed by atoms with van der Waals surface area (Å²) in [6.07, 6.45) is 1.82. The van der Waals surface area contributed by atoms with Gasteiger partial charge in [0.05, 0.1) is 5.69 Å². The highest BCUT2D eigenvalue weighted by Gasteiger charge is 2.04. The molecule has 0 amide bonds. The Morgan fingerprint density at radius 1 is 1.47 bits per heavy atom. The maximum atomic E-state index is 12.0. The Bertz CT molecular complexity index is 624. The van der Waals surface area contributed by atoms with Gasteiger partial charge in [-0.1, -0.05) is 13.0 Å². The van der Waals surface area contributed by atoms with E-state index in [0.29, 0.717) is 18.1 Å². The van der Waals surface area contributed by atoms with Crippen LogP contribution in [0.1, 0.15) is 18.2 Å². The fourth-order valence-electron chi connectivity index (χ4n) is 1.76. The van der Waals surface area contributed by atoms with E-state index in [9.17, 15) is 4.79 Å². The van der Waals surface area contributed by atoms with Crippen LogP contribution in [0.4, 0.5) is 0 Å². The molecule has 0 spiro atoms. The predicted molar refractivity (Wildman–Crippen MR) is 80.6 cm³/mol. The van der Waals surface area contributed by atoms with E-state index in [4.69, 9.17) is 5.73 Å². The summed E-state index contributed by atoms with van der Waals surface area (Å²) >= 11 is 1.77. The minimum atomic E-state index is -0.0174. The van der Waals surface area contributed by atoms with Gasteiger partial charge in [0.25, 0.3) is 5.56 Å². The van der Waals surface area contributed by atoms with E-state index in [2.05, 4.69) is 11.9 Å². The summed E-state index contributed by atoms with van der Waals surface area (Å²) in [7, 11) is 0. The zero-order chi connectivity index (χ0) is 13.8. The molecule has 2 aromatic heterocycles. The maximum Gasteiger partial charge on any atom is 0.258 e. The van der Waals surface area contributed by atoms with Crippen LogP contribution in [0.3, 0.4) is 0 Å². The number of rotatable bonds is 5. The minimum absolute atomic E-state index is 0.0174. The number of fused-ring (bicyclic) bond motifs is 1. The number of pyridine rings is 1. The third kappa shape index (κ3) is 3.58. The lowest BCUT2D eigenvalue weighted by Crippen LogP contribution is -2.16. The Morgan fingerprint density at radius 3 is 3.00 bits per heavy atom. The van der Waals surface area contributed by atoms with Gasteiger partial charge in [-0.2, -0.15) is 11.8 Å². The van der Waals surface area contributed by atoms with Crippen LogP contribution in [0, 0.1) is 12.8 Å². The van der Waals surface area contributed by atoms with Gasteiger partial charge in [-0.3, -0.25) is 9.20 Å². The zero-order valence-electron chi connectivity index (χ0n) is 11.3.